The molecule has 0 radical (unpaired) electrons. The minimum Gasteiger partial charge on any atom is -0.341 e. The Morgan fingerprint density at radius 3 is 1.49 bits per heavy atom. The maximum atomic E-state index is 11.6. The van der Waals surface area contributed by atoms with Gasteiger partial charge in [0.05, 0.1) is 0 Å². The molecule has 43 heavy (non-hydrogen) atoms. The van der Waals surface area contributed by atoms with Crippen LogP contribution in [0.25, 0.3) is 0 Å². The van der Waals surface area contributed by atoms with Crippen LogP contribution < -0.4 is 0 Å². The van der Waals surface area contributed by atoms with E-state index in [1.807, 2.05) is 0 Å². The van der Waals surface area contributed by atoms with Gasteiger partial charge in [-0.15, -0.1) is 0 Å². The van der Waals surface area contributed by atoms with Crippen LogP contribution in [0.15, 0.2) is 0 Å². The summed E-state index contributed by atoms with van der Waals surface area (Å²) in [5.41, 5.74) is 0. The summed E-state index contributed by atoms with van der Waals surface area (Å²) in [5, 5.41) is 36.2. The second kappa shape index (κ2) is 14.6. The molecule has 9 atom stereocenters. The summed E-state index contributed by atoms with van der Waals surface area (Å²) < 4.78 is 162. The average Bonchev–Trinajstić information content (AvgIpc) is 3.05. The van der Waals surface area contributed by atoms with E-state index in [9.17, 15) is 57.8 Å². The molecule has 0 aromatic rings. The van der Waals surface area contributed by atoms with E-state index >= 15 is 0 Å². The third-order valence-electron chi connectivity index (χ3n) is 5.14. The molecule has 2 aliphatic heterocycles. The van der Waals surface area contributed by atoms with Crippen LogP contribution in [0.5, 0.6) is 0 Å². The molecule has 0 saturated carbocycles. The van der Waals surface area contributed by atoms with Crippen molar-refractivity contribution < 1.29 is 123 Å². The van der Waals surface area contributed by atoms with Crippen molar-refractivity contribution >= 4 is 41.6 Å². The highest BCUT2D eigenvalue weighted by Crippen LogP contribution is 2.42. The summed E-state index contributed by atoms with van der Waals surface area (Å²) >= 11 is 0. The molecule has 0 amide bonds. The standard InChI is InChI=1S/C12H22O27S4/c13-29-1-4-6(35-16)8(37-41(20,21)22)9(38-42(23,24)25)11(32-4)34-12(3-31-15)10(39-43(26,27)28)7(36-40(17,18)19)5(33-12)2-30-14/h4-11,13-16H,1-3H2,(H,17,18,19)(H,20,21,22)(H,23,24,25)(H,26,27,28)/t4-,5-,6-,7-,8+,9-,10+,11-,12+/m1/s1. The molecular weight excluding hydrogens is 704 g/mol. The molecule has 0 aromatic heterocycles. The SMILES string of the molecule is O=S(=O)(O)O[C@@H]1[C@@H](OS(=O)(=O)O)[C@@H](O[C@]2(COO)O[C@H](COO)[C@@H](OS(=O)(=O)O)[C@@H]2OS(=O)(=O)O)O[C@H](COO)[C@H]1OO. The third-order valence-corrected chi connectivity index (χ3v) is 6.99. The van der Waals surface area contributed by atoms with Gasteiger partial charge < -0.3 is 14.2 Å². The molecule has 0 aliphatic carbocycles. The van der Waals surface area contributed by atoms with E-state index in [1.165, 1.54) is 0 Å². The van der Waals surface area contributed by atoms with Crippen molar-refractivity contribution in [3.63, 3.8) is 0 Å². The van der Waals surface area contributed by atoms with E-state index in [4.69, 9.17) is 29.3 Å². The van der Waals surface area contributed by atoms with Crippen LogP contribution in [0.1, 0.15) is 0 Å². The Morgan fingerprint density at radius 2 is 1.05 bits per heavy atom. The van der Waals surface area contributed by atoms with Crippen molar-refractivity contribution in [2.24, 2.45) is 0 Å². The highest BCUT2D eigenvalue weighted by atomic mass is 32.3. The van der Waals surface area contributed by atoms with Gasteiger partial charge in [-0.1, -0.05) is 0 Å². The smallest absolute Gasteiger partial charge is 0.341 e. The topological polar surface area (TPSA) is 400 Å². The molecule has 2 saturated heterocycles. The lowest BCUT2D eigenvalue weighted by molar-refractivity contribution is -0.425. The summed E-state index contributed by atoms with van der Waals surface area (Å²) in [4.78, 5) is 15.3. The molecule has 0 unspecified atom stereocenters. The minimum absolute atomic E-state index is 1.18. The van der Waals surface area contributed by atoms with Crippen LogP contribution in [0.4, 0.5) is 0 Å². The zero-order valence-electron chi connectivity index (χ0n) is 20.2. The van der Waals surface area contributed by atoms with Crippen molar-refractivity contribution in [3.05, 3.63) is 0 Å². The van der Waals surface area contributed by atoms with Crippen LogP contribution >= 0.6 is 0 Å². The molecule has 8 N–H and O–H groups in total. The first-order chi connectivity index (χ1) is 19.6. The van der Waals surface area contributed by atoms with E-state index in [2.05, 4.69) is 36.3 Å². The van der Waals surface area contributed by atoms with Crippen molar-refractivity contribution in [1.29, 1.82) is 0 Å². The van der Waals surface area contributed by atoms with Crippen LogP contribution in [0.2, 0.25) is 0 Å². The molecule has 0 spiro atoms. The van der Waals surface area contributed by atoms with Crippen LogP contribution in [-0.4, -0.2) is 148 Å². The van der Waals surface area contributed by atoms with E-state index in [0.29, 0.717) is 0 Å². The molecule has 256 valence electrons. The predicted octanol–water partition coefficient (Wildman–Crippen LogP) is -4.10. The van der Waals surface area contributed by atoms with Crippen LogP contribution in [0, 0.1) is 0 Å². The Hall–Kier alpha value is -0.960. The normalized spacial score (nSPS) is 34.4. The van der Waals surface area contributed by atoms with Gasteiger partial charge in [-0.25, -0.2) is 36.3 Å². The molecule has 0 aromatic carbocycles. The first-order valence-electron chi connectivity index (χ1n) is 10.3. The monoisotopic (exact) mass is 726 g/mol. The van der Waals surface area contributed by atoms with Gasteiger partial charge >= 0.3 is 41.6 Å². The second-order valence-electron chi connectivity index (χ2n) is 7.97. The first kappa shape index (κ1) is 38.2. The average molecular weight is 727 g/mol. The van der Waals surface area contributed by atoms with Gasteiger partial charge in [0.15, 0.2) is 24.6 Å². The molecule has 2 aliphatic rings. The first-order valence-corrected chi connectivity index (χ1v) is 15.8. The van der Waals surface area contributed by atoms with E-state index in [1.54, 1.807) is 0 Å². The fourth-order valence-corrected chi connectivity index (χ4v) is 5.89. The minimum atomic E-state index is -5.78. The highest BCUT2D eigenvalue weighted by molar-refractivity contribution is 7.81. The Bertz CT molecular complexity index is 1340. The molecular formula is C12H22O27S4. The maximum Gasteiger partial charge on any atom is 0.397 e. The lowest BCUT2D eigenvalue weighted by Gasteiger charge is -2.45. The van der Waals surface area contributed by atoms with Gasteiger partial charge in [-0.2, -0.15) is 33.7 Å². The summed E-state index contributed by atoms with van der Waals surface area (Å²) in [6.07, 6.45) is -20.4. The fraction of sp³-hybridized carbons (Fsp3) is 1.00. The van der Waals surface area contributed by atoms with Gasteiger partial charge in [0.2, 0.25) is 5.79 Å². The summed E-state index contributed by atoms with van der Waals surface area (Å²) in [6, 6.07) is 0. The molecule has 2 rings (SSSR count). The predicted molar refractivity (Wildman–Crippen MR) is 116 cm³/mol. The van der Waals surface area contributed by atoms with Gasteiger partial charge in [0, 0.05) is 0 Å². The van der Waals surface area contributed by atoms with E-state index in [0.717, 1.165) is 0 Å². The Kier molecular flexibility index (Phi) is 13.0. The summed E-state index contributed by atoms with van der Waals surface area (Å²) in [6.45, 7) is -4.06. The number of hydrogen-bond donors (Lipinski definition) is 8. The number of ether oxygens (including phenoxy) is 3. The van der Waals surface area contributed by atoms with Gasteiger partial charge in [-0.3, -0.25) is 39.2 Å². The van der Waals surface area contributed by atoms with Gasteiger partial charge in [0.25, 0.3) is 0 Å². The van der Waals surface area contributed by atoms with Gasteiger partial charge in [-0.05, 0) is 0 Å². The summed E-state index contributed by atoms with van der Waals surface area (Å²) in [7, 11) is -22.9. The van der Waals surface area contributed by atoms with Crippen LogP contribution in [0.3, 0.4) is 0 Å². The number of hydrogen-bond acceptors (Lipinski definition) is 23. The Labute approximate surface area is 239 Å². The van der Waals surface area contributed by atoms with E-state index < -0.39 is 116 Å². The molecule has 31 heteroatoms. The molecule has 2 heterocycles. The Balaban J connectivity index is 2.79. The number of rotatable bonds is 17. The molecule has 0 bridgehead atoms. The van der Waals surface area contributed by atoms with E-state index in [-0.39, 0.29) is 0 Å². The van der Waals surface area contributed by atoms with Crippen molar-refractivity contribution in [1.82, 2.24) is 0 Å². The Morgan fingerprint density at radius 1 is 0.581 bits per heavy atom. The fourth-order valence-electron chi connectivity index (χ4n) is 3.88. The van der Waals surface area contributed by atoms with Crippen molar-refractivity contribution in [3.8, 4) is 0 Å². The second-order valence-corrected chi connectivity index (χ2v) is 12.2. The van der Waals surface area contributed by atoms with Gasteiger partial charge in [0.1, 0.15) is 44.2 Å². The largest absolute Gasteiger partial charge is 0.397 e. The molecule has 27 nitrogen and oxygen atoms in total. The highest BCUT2D eigenvalue weighted by Gasteiger charge is 2.65. The summed E-state index contributed by atoms with van der Waals surface area (Å²) in [5.74, 6) is -3.35. The zero-order chi connectivity index (χ0) is 33.0. The quantitative estimate of drug-likeness (QED) is 0.0401. The zero-order valence-corrected chi connectivity index (χ0v) is 23.5. The van der Waals surface area contributed by atoms with Crippen molar-refractivity contribution in [2.45, 2.75) is 54.8 Å². The lowest BCUT2D eigenvalue weighted by atomic mass is 9.98. The molecule has 2 fully saturated rings. The maximum absolute atomic E-state index is 11.6. The lowest BCUT2D eigenvalue weighted by Crippen LogP contribution is -2.65. The third kappa shape index (κ3) is 11.1. The van der Waals surface area contributed by atoms with Crippen molar-refractivity contribution in [2.75, 3.05) is 19.8 Å². The van der Waals surface area contributed by atoms with Crippen LogP contribution in [-0.2, 0) is 92.1 Å².